The molecule has 0 unspecified atom stereocenters. The number of amides is 2. The van der Waals surface area contributed by atoms with E-state index in [2.05, 4.69) is 11.1 Å². The van der Waals surface area contributed by atoms with E-state index in [0.717, 1.165) is 6.42 Å². The maximum Gasteiger partial charge on any atom is 0.411 e. The highest BCUT2D eigenvalue weighted by Gasteiger charge is 2.59. The molecule has 0 spiro atoms. The first-order chi connectivity index (χ1) is 15.2. The number of fused-ring (bicyclic) bond motifs is 2. The molecule has 3 aliphatic rings. The van der Waals surface area contributed by atoms with Gasteiger partial charge in [0.25, 0.3) is 0 Å². The SMILES string of the molecule is CC(C)(C)OC(=O)N1[C@@H]2C[C@@H](C[C@H]2Oc2ccc(C#N)cn2)[C@H]1C(=O)N1CCC[C@H]1C#N. The lowest BCUT2D eigenvalue weighted by Gasteiger charge is -2.40. The van der Waals surface area contributed by atoms with E-state index in [9.17, 15) is 14.9 Å². The van der Waals surface area contributed by atoms with Gasteiger partial charge in [0, 0.05) is 18.8 Å². The zero-order valence-electron chi connectivity index (χ0n) is 18.5. The lowest BCUT2D eigenvalue weighted by atomic mass is 9.96. The molecule has 9 nitrogen and oxygen atoms in total. The Hall–Kier alpha value is -3.33. The van der Waals surface area contributed by atoms with Gasteiger partial charge in [0.2, 0.25) is 11.8 Å². The molecule has 1 aliphatic carbocycles. The highest BCUT2D eigenvalue weighted by atomic mass is 16.6. The number of hydrogen-bond acceptors (Lipinski definition) is 7. The van der Waals surface area contributed by atoms with Crippen molar-refractivity contribution in [1.29, 1.82) is 10.5 Å². The zero-order valence-corrected chi connectivity index (χ0v) is 18.5. The maximum absolute atomic E-state index is 13.5. The Morgan fingerprint density at radius 1 is 1.22 bits per heavy atom. The third kappa shape index (κ3) is 4.08. The van der Waals surface area contributed by atoms with Gasteiger partial charge in [-0.2, -0.15) is 10.5 Å². The summed E-state index contributed by atoms with van der Waals surface area (Å²) in [5.74, 6) is 0.114. The fourth-order valence-electron chi connectivity index (χ4n) is 5.01. The van der Waals surface area contributed by atoms with E-state index in [4.69, 9.17) is 14.7 Å². The van der Waals surface area contributed by atoms with Gasteiger partial charge < -0.3 is 14.4 Å². The van der Waals surface area contributed by atoms with Gasteiger partial charge in [0.1, 0.15) is 29.9 Å². The first-order valence-corrected chi connectivity index (χ1v) is 11.0. The highest BCUT2D eigenvalue weighted by molar-refractivity contribution is 5.88. The Balaban J connectivity index is 1.57. The van der Waals surface area contributed by atoms with Crippen LogP contribution in [-0.4, -0.2) is 63.2 Å². The number of carbonyl (C=O) groups is 2. The van der Waals surface area contributed by atoms with E-state index in [1.165, 1.54) is 11.1 Å². The van der Waals surface area contributed by atoms with E-state index in [1.807, 2.05) is 6.07 Å². The van der Waals surface area contributed by atoms with Gasteiger partial charge in [-0.05, 0) is 58.4 Å². The van der Waals surface area contributed by atoms with Crippen LogP contribution >= 0.6 is 0 Å². The minimum Gasteiger partial charge on any atom is -0.472 e. The van der Waals surface area contributed by atoms with Gasteiger partial charge >= 0.3 is 6.09 Å². The van der Waals surface area contributed by atoms with Gasteiger partial charge in [0.05, 0.1) is 17.7 Å². The number of carbonyl (C=O) groups excluding carboxylic acids is 2. The third-order valence-corrected chi connectivity index (χ3v) is 6.29. The van der Waals surface area contributed by atoms with Crippen molar-refractivity contribution >= 4 is 12.0 Å². The molecule has 3 fully saturated rings. The molecule has 9 heteroatoms. The molecule has 3 heterocycles. The molecule has 2 saturated heterocycles. The number of likely N-dealkylation sites (tertiary alicyclic amines) is 2. The molecule has 0 radical (unpaired) electrons. The van der Waals surface area contributed by atoms with Crippen LogP contribution in [0.25, 0.3) is 0 Å². The van der Waals surface area contributed by atoms with Crippen molar-refractivity contribution < 1.29 is 19.1 Å². The molecule has 2 bridgehead atoms. The van der Waals surface area contributed by atoms with Gasteiger partial charge in [-0.25, -0.2) is 9.78 Å². The van der Waals surface area contributed by atoms with Crippen LogP contribution in [0.1, 0.15) is 52.0 Å². The summed E-state index contributed by atoms with van der Waals surface area (Å²) >= 11 is 0. The molecule has 1 aromatic rings. The summed E-state index contributed by atoms with van der Waals surface area (Å²) < 4.78 is 11.7. The van der Waals surface area contributed by atoms with Gasteiger partial charge in [-0.1, -0.05) is 0 Å². The Morgan fingerprint density at radius 2 is 2.00 bits per heavy atom. The fourth-order valence-corrected chi connectivity index (χ4v) is 5.01. The zero-order chi connectivity index (χ0) is 23.0. The topological polar surface area (TPSA) is 120 Å². The summed E-state index contributed by atoms with van der Waals surface area (Å²) in [5, 5.41) is 18.4. The number of piperidine rings is 1. The van der Waals surface area contributed by atoms with Crippen molar-refractivity contribution in [1.82, 2.24) is 14.8 Å². The molecule has 1 saturated carbocycles. The van der Waals surface area contributed by atoms with Crippen LogP contribution < -0.4 is 4.74 Å². The Kier molecular flexibility index (Phi) is 5.68. The van der Waals surface area contributed by atoms with Crippen molar-refractivity contribution in [3.63, 3.8) is 0 Å². The number of nitriles is 2. The van der Waals surface area contributed by atoms with Crippen molar-refractivity contribution in [2.45, 2.75) is 76.3 Å². The number of ether oxygens (including phenoxy) is 2. The molecular formula is C23H27N5O4. The summed E-state index contributed by atoms with van der Waals surface area (Å²) in [7, 11) is 0. The van der Waals surface area contributed by atoms with E-state index in [0.29, 0.717) is 37.3 Å². The predicted molar refractivity (Wildman–Crippen MR) is 112 cm³/mol. The summed E-state index contributed by atoms with van der Waals surface area (Å²) in [6.45, 7) is 5.90. The average Bonchev–Trinajstić information content (AvgIpc) is 3.46. The fraction of sp³-hybridized carbons (Fsp3) is 0.609. The molecule has 4 rings (SSSR count). The van der Waals surface area contributed by atoms with E-state index < -0.39 is 23.8 Å². The lowest BCUT2D eigenvalue weighted by Crippen LogP contribution is -2.59. The second-order valence-corrected chi connectivity index (χ2v) is 9.60. The summed E-state index contributed by atoms with van der Waals surface area (Å²) in [4.78, 5) is 34.0. The standard InChI is InChI=1S/C23H27N5O4/c1-23(2,3)32-22(30)28-17-9-15(20(28)21(29)27-8-4-5-16(27)12-25)10-18(17)31-19-7-6-14(11-24)13-26-19/h6-7,13,15-18,20H,4-5,8-10H2,1-3H3/t15-,16-,17+,18+,20-/m0/s1. The second kappa shape index (κ2) is 8.31. The smallest absolute Gasteiger partial charge is 0.411 e. The Bertz CT molecular complexity index is 974. The van der Waals surface area contributed by atoms with E-state index in [-0.39, 0.29) is 24.0 Å². The number of hydrogen-bond donors (Lipinski definition) is 0. The third-order valence-electron chi connectivity index (χ3n) is 6.29. The number of rotatable bonds is 3. The first kappa shape index (κ1) is 21.9. The van der Waals surface area contributed by atoms with Crippen molar-refractivity contribution in [3.8, 4) is 18.0 Å². The minimum absolute atomic E-state index is 0.0802. The van der Waals surface area contributed by atoms with Crippen molar-refractivity contribution in [2.24, 2.45) is 5.92 Å². The normalized spacial score (nSPS) is 28.8. The molecule has 5 atom stereocenters. The van der Waals surface area contributed by atoms with E-state index in [1.54, 1.807) is 37.8 Å². The first-order valence-electron chi connectivity index (χ1n) is 11.0. The van der Waals surface area contributed by atoms with Crippen molar-refractivity contribution in [2.75, 3.05) is 6.54 Å². The molecule has 2 amide bonds. The van der Waals surface area contributed by atoms with Crippen LogP contribution in [0.4, 0.5) is 4.79 Å². The predicted octanol–water partition coefficient (Wildman–Crippen LogP) is 2.61. The van der Waals surface area contributed by atoms with Crippen LogP contribution in [0, 0.1) is 28.6 Å². The summed E-state index contributed by atoms with van der Waals surface area (Å²) in [6.07, 6.45) is 3.24. The number of pyridine rings is 1. The van der Waals surface area contributed by atoms with Crippen LogP contribution in [0.15, 0.2) is 18.3 Å². The molecule has 1 aromatic heterocycles. The van der Waals surface area contributed by atoms with Crippen LogP contribution in [0.5, 0.6) is 5.88 Å². The maximum atomic E-state index is 13.5. The Morgan fingerprint density at radius 3 is 2.62 bits per heavy atom. The minimum atomic E-state index is -0.708. The average molecular weight is 438 g/mol. The summed E-state index contributed by atoms with van der Waals surface area (Å²) in [5.41, 5.74) is -0.274. The highest BCUT2D eigenvalue weighted by Crippen LogP contribution is 2.45. The van der Waals surface area contributed by atoms with Gasteiger partial charge in [-0.3, -0.25) is 9.69 Å². The number of nitrogens with zero attached hydrogens (tertiary/aromatic N) is 5. The molecule has 32 heavy (non-hydrogen) atoms. The number of aromatic nitrogens is 1. The molecule has 2 aliphatic heterocycles. The van der Waals surface area contributed by atoms with Gasteiger partial charge in [-0.15, -0.1) is 0 Å². The molecular weight excluding hydrogens is 410 g/mol. The lowest BCUT2D eigenvalue weighted by molar-refractivity contribution is -0.139. The van der Waals surface area contributed by atoms with Crippen molar-refractivity contribution in [3.05, 3.63) is 23.9 Å². The largest absolute Gasteiger partial charge is 0.472 e. The second-order valence-electron chi connectivity index (χ2n) is 9.60. The summed E-state index contributed by atoms with van der Waals surface area (Å²) in [6, 6.07) is 6.06. The molecule has 168 valence electrons. The molecule has 0 N–H and O–H groups in total. The van der Waals surface area contributed by atoms with Gasteiger partial charge in [0.15, 0.2) is 0 Å². The molecule has 0 aromatic carbocycles. The van der Waals surface area contributed by atoms with Crippen LogP contribution in [0.2, 0.25) is 0 Å². The van der Waals surface area contributed by atoms with Crippen LogP contribution in [-0.2, 0) is 9.53 Å². The van der Waals surface area contributed by atoms with Crippen LogP contribution in [0.3, 0.4) is 0 Å². The quantitative estimate of drug-likeness (QED) is 0.713. The van der Waals surface area contributed by atoms with E-state index >= 15 is 0 Å². The monoisotopic (exact) mass is 437 g/mol. The Labute approximate surface area is 187 Å².